The van der Waals surface area contributed by atoms with Crippen LogP contribution in [0.5, 0.6) is 11.8 Å². The van der Waals surface area contributed by atoms with Crippen LogP contribution in [0.2, 0.25) is 0 Å². The molecular formula is C23H26FN3O4S. The van der Waals surface area contributed by atoms with Crippen molar-refractivity contribution in [1.29, 1.82) is 0 Å². The van der Waals surface area contributed by atoms with E-state index in [0.717, 1.165) is 0 Å². The quantitative estimate of drug-likeness (QED) is 0.502. The molecule has 0 aliphatic rings. The van der Waals surface area contributed by atoms with E-state index in [9.17, 15) is 17.6 Å². The number of benzene rings is 1. The van der Waals surface area contributed by atoms with Crippen molar-refractivity contribution in [1.82, 2.24) is 14.5 Å². The first-order chi connectivity index (χ1) is 15.1. The highest BCUT2D eigenvalue weighted by Crippen LogP contribution is 2.28. The SMILES string of the molecule is CCC(CC)S(=O)(=O)Cc1cc(-c2ccc(=O)n(C)c2)nc(Oc2c(C)cccc2F)n1. The summed E-state index contributed by atoms with van der Waals surface area (Å²) < 4.78 is 47.1. The molecule has 3 aromatic rings. The van der Waals surface area contributed by atoms with E-state index in [1.807, 2.05) is 13.8 Å². The third kappa shape index (κ3) is 5.21. The molecule has 0 bridgehead atoms. The van der Waals surface area contributed by atoms with Gasteiger partial charge in [-0.05, 0) is 43.5 Å². The molecule has 32 heavy (non-hydrogen) atoms. The van der Waals surface area contributed by atoms with Gasteiger partial charge in [0.25, 0.3) is 0 Å². The number of rotatable bonds is 8. The van der Waals surface area contributed by atoms with Gasteiger partial charge in [0.05, 0.1) is 22.4 Å². The van der Waals surface area contributed by atoms with Gasteiger partial charge in [-0.3, -0.25) is 4.79 Å². The van der Waals surface area contributed by atoms with Crippen LogP contribution >= 0.6 is 0 Å². The predicted molar refractivity (Wildman–Crippen MR) is 121 cm³/mol. The topological polar surface area (TPSA) is 91.2 Å². The lowest BCUT2D eigenvalue weighted by molar-refractivity contribution is 0.407. The lowest BCUT2D eigenvalue weighted by Gasteiger charge is -2.15. The van der Waals surface area contributed by atoms with E-state index in [0.29, 0.717) is 29.7 Å². The summed E-state index contributed by atoms with van der Waals surface area (Å²) in [6.07, 6.45) is 2.58. The van der Waals surface area contributed by atoms with Gasteiger partial charge in [0.15, 0.2) is 21.4 Å². The maximum Gasteiger partial charge on any atom is 0.322 e. The molecule has 0 atom stereocenters. The molecule has 0 amide bonds. The Hall–Kier alpha value is -3.07. The van der Waals surface area contributed by atoms with Gasteiger partial charge in [0, 0.05) is 24.9 Å². The van der Waals surface area contributed by atoms with Crippen LogP contribution in [0.4, 0.5) is 4.39 Å². The van der Waals surface area contributed by atoms with Crippen molar-refractivity contribution in [3.63, 3.8) is 0 Å². The van der Waals surface area contributed by atoms with Crippen molar-refractivity contribution in [2.45, 2.75) is 44.6 Å². The normalized spacial score (nSPS) is 11.7. The fraction of sp³-hybridized carbons (Fsp3) is 0.348. The minimum absolute atomic E-state index is 0.0288. The first kappa shape index (κ1) is 23.6. The highest BCUT2D eigenvalue weighted by atomic mass is 32.2. The van der Waals surface area contributed by atoms with Gasteiger partial charge in [-0.15, -0.1) is 0 Å². The molecule has 0 unspecified atom stereocenters. The number of nitrogens with zero attached hydrogens (tertiary/aromatic N) is 3. The van der Waals surface area contributed by atoms with Crippen molar-refractivity contribution in [3.8, 4) is 23.0 Å². The zero-order chi connectivity index (χ0) is 23.5. The number of aromatic nitrogens is 3. The average molecular weight is 460 g/mol. The van der Waals surface area contributed by atoms with Gasteiger partial charge < -0.3 is 9.30 Å². The molecule has 0 spiro atoms. The van der Waals surface area contributed by atoms with E-state index in [4.69, 9.17) is 4.74 Å². The lowest BCUT2D eigenvalue weighted by Crippen LogP contribution is -2.22. The number of hydrogen-bond acceptors (Lipinski definition) is 6. The average Bonchev–Trinajstić information content (AvgIpc) is 2.73. The lowest BCUT2D eigenvalue weighted by atomic mass is 10.2. The molecule has 2 heterocycles. The van der Waals surface area contributed by atoms with Crippen molar-refractivity contribution in [3.05, 3.63) is 70.0 Å². The summed E-state index contributed by atoms with van der Waals surface area (Å²) in [6.45, 7) is 5.35. The first-order valence-corrected chi connectivity index (χ1v) is 12.1. The molecular weight excluding hydrogens is 433 g/mol. The molecule has 0 aliphatic heterocycles. The van der Waals surface area contributed by atoms with E-state index in [2.05, 4.69) is 9.97 Å². The molecule has 170 valence electrons. The van der Waals surface area contributed by atoms with Crippen LogP contribution in [0.15, 0.2) is 47.4 Å². The van der Waals surface area contributed by atoms with Crippen molar-refractivity contribution in [2.75, 3.05) is 0 Å². The van der Waals surface area contributed by atoms with Crippen LogP contribution in [0.3, 0.4) is 0 Å². The summed E-state index contributed by atoms with van der Waals surface area (Å²) in [6, 6.07) is 8.87. The molecule has 9 heteroatoms. The molecule has 0 saturated carbocycles. The van der Waals surface area contributed by atoms with Crippen LogP contribution in [0.25, 0.3) is 11.3 Å². The monoisotopic (exact) mass is 459 g/mol. The van der Waals surface area contributed by atoms with E-state index in [1.54, 1.807) is 44.4 Å². The van der Waals surface area contributed by atoms with E-state index in [-0.39, 0.29) is 28.8 Å². The van der Waals surface area contributed by atoms with E-state index < -0.39 is 20.9 Å². The number of para-hydroxylation sites is 1. The molecule has 1 aromatic carbocycles. The zero-order valence-electron chi connectivity index (χ0n) is 18.5. The third-order valence-corrected chi connectivity index (χ3v) is 7.65. The Morgan fingerprint density at radius 3 is 2.47 bits per heavy atom. The Morgan fingerprint density at radius 1 is 1.12 bits per heavy atom. The maximum absolute atomic E-state index is 14.3. The van der Waals surface area contributed by atoms with E-state index in [1.165, 1.54) is 16.7 Å². The summed E-state index contributed by atoms with van der Waals surface area (Å²) >= 11 is 0. The number of hydrogen-bond donors (Lipinski definition) is 0. The van der Waals surface area contributed by atoms with Gasteiger partial charge in [-0.1, -0.05) is 26.0 Å². The Bertz CT molecular complexity index is 1260. The van der Waals surface area contributed by atoms with Crippen LogP contribution in [-0.2, 0) is 22.6 Å². The Labute approximate surface area is 186 Å². The van der Waals surface area contributed by atoms with Crippen LogP contribution in [0.1, 0.15) is 37.9 Å². The Balaban J connectivity index is 2.11. The smallest absolute Gasteiger partial charge is 0.322 e. The second-order valence-corrected chi connectivity index (χ2v) is 9.91. The second kappa shape index (κ2) is 9.60. The molecule has 0 fully saturated rings. The largest absolute Gasteiger partial charge is 0.421 e. The van der Waals surface area contributed by atoms with Crippen molar-refractivity contribution >= 4 is 9.84 Å². The van der Waals surface area contributed by atoms with Gasteiger partial charge in [-0.25, -0.2) is 12.8 Å². The number of pyridine rings is 1. The highest BCUT2D eigenvalue weighted by Gasteiger charge is 2.24. The molecule has 0 N–H and O–H groups in total. The van der Waals surface area contributed by atoms with E-state index >= 15 is 0 Å². The minimum atomic E-state index is -3.47. The summed E-state index contributed by atoms with van der Waals surface area (Å²) in [4.78, 5) is 20.4. The van der Waals surface area contributed by atoms with Crippen molar-refractivity contribution < 1.29 is 17.5 Å². The highest BCUT2D eigenvalue weighted by molar-refractivity contribution is 7.91. The number of halogens is 1. The summed E-state index contributed by atoms with van der Waals surface area (Å²) in [7, 11) is -1.87. The molecule has 3 rings (SSSR count). The third-order valence-electron chi connectivity index (χ3n) is 5.27. The summed E-state index contributed by atoms with van der Waals surface area (Å²) in [5.41, 5.74) is 1.53. The van der Waals surface area contributed by atoms with Gasteiger partial charge in [0.1, 0.15) is 0 Å². The van der Waals surface area contributed by atoms with Crippen LogP contribution < -0.4 is 10.3 Å². The maximum atomic E-state index is 14.3. The molecule has 7 nitrogen and oxygen atoms in total. The molecule has 0 saturated heterocycles. The molecule has 0 radical (unpaired) electrons. The summed E-state index contributed by atoms with van der Waals surface area (Å²) in [5, 5.41) is -0.489. The van der Waals surface area contributed by atoms with Crippen LogP contribution in [-0.4, -0.2) is 28.2 Å². The Morgan fingerprint density at radius 2 is 1.84 bits per heavy atom. The number of ether oxygens (including phenoxy) is 1. The van der Waals surface area contributed by atoms with Crippen LogP contribution in [0, 0.1) is 12.7 Å². The molecule has 0 aliphatic carbocycles. The predicted octanol–water partition coefficient (Wildman–Crippen LogP) is 4.19. The molecule has 2 aromatic heterocycles. The Kier molecular flexibility index (Phi) is 7.08. The number of aryl methyl sites for hydroxylation is 2. The van der Waals surface area contributed by atoms with Crippen molar-refractivity contribution in [2.24, 2.45) is 7.05 Å². The standard InChI is InChI=1S/C23H26FN3O4S/c1-5-18(6-2)32(29,30)14-17-12-20(16-10-11-21(28)27(4)13-16)26-23(25-17)31-22-15(3)8-7-9-19(22)24/h7-13,18H,5-6,14H2,1-4H3. The zero-order valence-corrected chi connectivity index (χ0v) is 19.3. The van der Waals surface area contributed by atoms with Gasteiger partial charge in [0.2, 0.25) is 5.56 Å². The second-order valence-electron chi connectivity index (χ2n) is 7.63. The minimum Gasteiger partial charge on any atom is -0.421 e. The van der Waals surface area contributed by atoms with Gasteiger partial charge in [-0.2, -0.15) is 9.97 Å². The first-order valence-electron chi connectivity index (χ1n) is 10.3. The summed E-state index contributed by atoms with van der Waals surface area (Å²) in [5.74, 6) is -0.904. The number of sulfone groups is 1. The fourth-order valence-electron chi connectivity index (χ4n) is 3.44. The van der Waals surface area contributed by atoms with Gasteiger partial charge >= 0.3 is 6.01 Å². The fourth-order valence-corrected chi connectivity index (χ4v) is 5.26.